The first-order chi connectivity index (χ1) is 26.1. The summed E-state index contributed by atoms with van der Waals surface area (Å²) in [6.45, 7) is 0. The van der Waals surface area contributed by atoms with E-state index in [2.05, 4.69) is 72.8 Å². The van der Waals surface area contributed by atoms with Crippen molar-refractivity contribution in [1.29, 1.82) is 10.8 Å². The second kappa shape index (κ2) is 12.2. The number of fused-ring (bicyclic) bond motifs is 6. The normalized spacial score (nSPS) is 12.5. The molecule has 0 amide bonds. The van der Waals surface area contributed by atoms with Crippen LogP contribution >= 0.6 is 0 Å². The molecule has 248 valence electrons. The molecule has 0 unspecified atom stereocenters. The van der Waals surface area contributed by atoms with Gasteiger partial charge in [0.05, 0.1) is 11.4 Å². The molecule has 0 saturated carbocycles. The van der Waals surface area contributed by atoms with E-state index in [0.29, 0.717) is 17.5 Å². The second-order valence-electron chi connectivity index (χ2n) is 13.2. The Labute approximate surface area is 304 Å². The lowest BCUT2D eigenvalue weighted by atomic mass is 9.88. The van der Waals surface area contributed by atoms with Gasteiger partial charge in [-0.1, -0.05) is 121 Å². The monoisotopic (exact) mass is 679 g/mol. The Morgan fingerprint density at radius 1 is 0.396 bits per heavy atom. The minimum atomic E-state index is 0.215. The first kappa shape index (κ1) is 30.5. The fraction of sp³-hybridized carbons (Fsp3) is 0. The van der Waals surface area contributed by atoms with Crippen molar-refractivity contribution in [1.82, 2.24) is 15.0 Å². The first-order valence-corrected chi connectivity index (χ1v) is 17.4. The third-order valence-corrected chi connectivity index (χ3v) is 9.96. The molecule has 0 atom stereocenters. The number of allylic oxidation sites excluding steroid dienone is 1. The molecule has 53 heavy (non-hydrogen) atoms. The molecular formula is C47H29N5O. The Kier molecular flexibility index (Phi) is 7.01. The molecular weight excluding hydrogens is 651 g/mol. The maximum atomic E-state index is 8.69. The summed E-state index contributed by atoms with van der Waals surface area (Å²) in [7, 11) is 0. The van der Waals surface area contributed by atoms with Gasteiger partial charge in [0.25, 0.3) is 0 Å². The number of hydrogen-bond donors (Lipinski definition) is 2. The van der Waals surface area contributed by atoms with Crippen LogP contribution in [0.25, 0.3) is 95.2 Å². The molecule has 7 aromatic carbocycles. The van der Waals surface area contributed by atoms with Gasteiger partial charge in [0, 0.05) is 33.0 Å². The number of furan rings is 1. The van der Waals surface area contributed by atoms with Gasteiger partial charge in [-0.25, -0.2) is 15.0 Å². The van der Waals surface area contributed by atoms with Crippen molar-refractivity contribution in [3.8, 4) is 56.4 Å². The molecule has 0 bridgehead atoms. The van der Waals surface area contributed by atoms with Gasteiger partial charge in [0.15, 0.2) is 17.5 Å². The standard InChI is InChI=1S/C47H29N5O/c48-40-23-21-30-18-16-29-17-19-33(26-39(29)43(30)44(40)49)32-11-7-13-35(25-32)46-50-45(34-12-6-10-31(24-34)28-8-2-1-3-9-28)51-47(52-46)36-20-22-38-37-14-4-5-15-41(37)53-42(38)27-36/h1-27,48-49H. The molecule has 9 aromatic rings. The van der Waals surface area contributed by atoms with Crippen LogP contribution in [0.2, 0.25) is 0 Å². The molecule has 1 aliphatic rings. The molecule has 0 saturated heterocycles. The lowest BCUT2D eigenvalue weighted by molar-refractivity contribution is 0.669. The van der Waals surface area contributed by atoms with Crippen LogP contribution in [0, 0.1) is 10.8 Å². The Morgan fingerprint density at radius 3 is 1.72 bits per heavy atom. The van der Waals surface area contributed by atoms with Crippen molar-refractivity contribution < 1.29 is 4.42 Å². The average molecular weight is 680 g/mol. The number of nitrogens with one attached hydrogen (secondary N) is 2. The second-order valence-corrected chi connectivity index (χ2v) is 13.2. The van der Waals surface area contributed by atoms with E-state index in [9.17, 15) is 0 Å². The van der Waals surface area contributed by atoms with Crippen molar-refractivity contribution >= 4 is 50.2 Å². The van der Waals surface area contributed by atoms with E-state index in [1.54, 1.807) is 6.08 Å². The van der Waals surface area contributed by atoms with E-state index in [0.717, 1.165) is 82.8 Å². The third-order valence-electron chi connectivity index (χ3n) is 9.96. The minimum Gasteiger partial charge on any atom is -0.456 e. The summed E-state index contributed by atoms with van der Waals surface area (Å²) in [6, 6.07) is 51.4. The van der Waals surface area contributed by atoms with Crippen LogP contribution in [-0.4, -0.2) is 26.4 Å². The number of benzene rings is 7. The quantitative estimate of drug-likeness (QED) is 0.189. The number of aromatic nitrogens is 3. The van der Waals surface area contributed by atoms with Gasteiger partial charge in [-0.15, -0.1) is 0 Å². The van der Waals surface area contributed by atoms with Crippen LogP contribution in [-0.2, 0) is 0 Å². The van der Waals surface area contributed by atoms with E-state index >= 15 is 0 Å². The zero-order valence-corrected chi connectivity index (χ0v) is 28.3. The van der Waals surface area contributed by atoms with Crippen molar-refractivity contribution in [2.24, 2.45) is 0 Å². The van der Waals surface area contributed by atoms with Crippen LogP contribution in [0.3, 0.4) is 0 Å². The summed E-state index contributed by atoms with van der Waals surface area (Å²) in [5, 5.41) is 21.1. The van der Waals surface area contributed by atoms with Crippen LogP contribution < -0.4 is 0 Å². The maximum Gasteiger partial charge on any atom is 0.164 e. The Morgan fingerprint density at radius 2 is 0.962 bits per heavy atom. The van der Waals surface area contributed by atoms with Gasteiger partial charge in [-0.2, -0.15) is 0 Å². The zero-order valence-electron chi connectivity index (χ0n) is 28.3. The summed E-state index contributed by atoms with van der Waals surface area (Å²) >= 11 is 0. The van der Waals surface area contributed by atoms with Crippen molar-refractivity contribution in [2.75, 3.05) is 0 Å². The molecule has 2 heterocycles. The summed E-state index contributed by atoms with van der Waals surface area (Å²) in [5.41, 5.74) is 10.6. The van der Waals surface area contributed by atoms with Gasteiger partial charge in [-0.3, -0.25) is 10.8 Å². The summed E-state index contributed by atoms with van der Waals surface area (Å²) in [5.74, 6) is 1.68. The van der Waals surface area contributed by atoms with Gasteiger partial charge in [0.1, 0.15) is 11.2 Å². The topological polar surface area (TPSA) is 99.5 Å². The van der Waals surface area contributed by atoms with Crippen molar-refractivity contribution in [3.63, 3.8) is 0 Å². The number of rotatable bonds is 5. The number of para-hydroxylation sites is 1. The van der Waals surface area contributed by atoms with Crippen LogP contribution in [0.4, 0.5) is 0 Å². The smallest absolute Gasteiger partial charge is 0.164 e. The first-order valence-electron chi connectivity index (χ1n) is 17.4. The summed E-state index contributed by atoms with van der Waals surface area (Å²) < 4.78 is 6.25. The Hall–Kier alpha value is -7.31. The van der Waals surface area contributed by atoms with Crippen molar-refractivity contribution in [2.45, 2.75) is 0 Å². The van der Waals surface area contributed by atoms with Gasteiger partial charge in [0.2, 0.25) is 0 Å². The molecule has 0 aliphatic heterocycles. The fourth-order valence-electron chi connectivity index (χ4n) is 7.26. The third kappa shape index (κ3) is 5.32. The maximum absolute atomic E-state index is 8.69. The van der Waals surface area contributed by atoms with Gasteiger partial charge in [-0.05, 0) is 81.1 Å². The van der Waals surface area contributed by atoms with Gasteiger partial charge < -0.3 is 4.42 Å². The molecule has 0 fully saturated rings. The lowest BCUT2D eigenvalue weighted by Crippen LogP contribution is -2.16. The molecule has 1 aliphatic carbocycles. The van der Waals surface area contributed by atoms with Crippen LogP contribution in [0.15, 0.2) is 162 Å². The highest BCUT2D eigenvalue weighted by atomic mass is 16.3. The fourth-order valence-corrected chi connectivity index (χ4v) is 7.26. The largest absolute Gasteiger partial charge is 0.456 e. The van der Waals surface area contributed by atoms with Crippen LogP contribution in [0.1, 0.15) is 11.1 Å². The Balaban J connectivity index is 1.12. The highest BCUT2D eigenvalue weighted by Gasteiger charge is 2.19. The van der Waals surface area contributed by atoms with E-state index in [4.69, 9.17) is 30.2 Å². The summed E-state index contributed by atoms with van der Waals surface area (Å²) in [6.07, 6.45) is 3.60. The molecule has 0 spiro atoms. The van der Waals surface area contributed by atoms with Gasteiger partial charge >= 0.3 is 0 Å². The predicted molar refractivity (Wildman–Crippen MR) is 215 cm³/mol. The zero-order chi connectivity index (χ0) is 35.5. The Bertz CT molecular complexity index is 2990. The molecule has 0 radical (unpaired) electrons. The number of nitrogens with zero attached hydrogens (tertiary/aromatic N) is 3. The lowest BCUT2D eigenvalue weighted by Gasteiger charge is -2.16. The van der Waals surface area contributed by atoms with E-state index in [1.165, 1.54) is 0 Å². The molecule has 2 aromatic heterocycles. The molecule has 10 rings (SSSR count). The molecule has 6 nitrogen and oxygen atoms in total. The van der Waals surface area contributed by atoms with Crippen molar-refractivity contribution in [3.05, 3.63) is 169 Å². The predicted octanol–water partition coefficient (Wildman–Crippen LogP) is 11.7. The minimum absolute atomic E-state index is 0.215. The molecule has 6 heteroatoms. The van der Waals surface area contributed by atoms with E-state index < -0.39 is 0 Å². The van der Waals surface area contributed by atoms with E-state index in [1.807, 2.05) is 84.9 Å². The molecule has 2 N–H and O–H groups in total. The SMILES string of the molecule is N=C1C=Cc2ccc3ccc(-c4cccc(-c5nc(-c6cccc(-c7ccccc7)c6)nc(-c6ccc7c(c6)oc6ccccc67)n5)c4)cc3c2C1=N. The average Bonchev–Trinajstić information content (AvgIpc) is 3.60. The van der Waals surface area contributed by atoms with Crippen LogP contribution in [0.5, 0.6) is 0 Å². The highest BCUT2D eigenvalue weighted by molar-refractivity contribution is 6.53. The van der Waals surface area contributed by atoms with E-state index in [-0.39, 0.29) is 11.4 Å². The highest BCUT2D eigenvalue weighted by Crippen LogP contribution is 2.35. The summed E-state index contributed by atoms with van der Waals surface area (Å²) in [4.78, 5) is 15.2. The number of hydrogen-bond acceptors (Lipinski definition) is 6.